The lowest BCUT2D eigenvalue weighted by Gasteiger charge is -2.32. The molecular formula is C14H21NO3. The Kier molecular flexibility index (Phi) is 4.99. The molecule has 18 heavy (non-hydrogen) atoms. The van der Waals surface area contributed by atoms with Crippen molar-refractivity contribution in [3.8, 4) is 5.75 Å². The first-order valence-electron chi connectivity index (χ1n) is 6.44. The molecule has 2 atom stereocenters. The number of aliphatic hydroxyl groups excluding tert-OH is 1. The van der Waals surface area contributed by atoms with E-state index in [-0.39, 0.29) is 6.10 Å². The molecule has 0 aliphatic carbocycles. The van der Waals surface area contributed by atoms with Crippen molar-refractivity contribution in [1.29, 1.82) is 0 Å². The van der Waals surface area contributed by atoms with Gasteiger partial charge in [0.05, 0.1) is 12.7 Å². The fourth-order valence-electron chi connectivity index (χ4n) is 2.12. The third-order valence-corrected chi connectivity index (χ3v) is 2.98. The molecule has 1 fully saturated rings. The number of rotatable bonds is 5. The summed E-state index contributed by atoms with van der Waals surface area (Å²) in [7, 11) is 0. The quantitative estimate of drug-likeness (QED) is 0.852. The van der Waals surface area contributed by atoms with Gasteiger partial charge in [-0.25, -0.2) is 0 Å². The van der Waals surface area contributed by atoms with Crippen molar-refractivity contribution in [2.75, 3.05) is 32.8 Å². The summed E-state index contributed by atoms with van der Waals surface area (Å²) >= 11 is 0. The maximum atomic E-state index is 9.94. The van der Waals surface area contributed by atoms with Crippen LogP contribution in [-0.2, 0) is 4.74 Å². The van der Waals surface area contributed by atoms with Crippen LogP contribution in [0.3, 0.4) is 0 Å². The molecule has 0 radical (unpaired) electrons. The van der Waals surface area contributed by atoms with Crippen molar-refractivity contribution in [3.05, 3.63) is 30.3 Å². The number of nitrogens with zero attached hydrogens (tertiary/aromatic N) is 1. The molecule has 1 saturated heterocycles. The maximum absolute atomic E-state index is 9.94. The predicted octanol–water partition coefficient (Wildman–Crippen LogP) is 1.15. The number of ether oxygens (including phenoxy) is 2. The Bertz CT molecular complexity index is 344. The molecule has 4 heteroatoms. The Balaban J connectivity index is 1.70. The van der Waals surface area contributed by atoms with Crippen LogP contribution < -0.4 is 4.74 Å². The summed E-state index contributed by atoms with van der Waals surface area (Å²) in [5.41, 5.74) is 0. The van der Waals surface area contributed by atoms with Gasteiger partial charge >= 0.3 is 0 Å². The number of β-amino-alcohol motifs (C(OH)–C–C–N with tert-alkyl or cyclic N) is 1. The number of hydrogen-bond acceptors (Lipinski definition) is 4. The van der Waals surface area contributed by atoms with Gasteiger partial charge in [-0.1, -0.05) is 18.2 Å². The van der Waals surface area contributed by atoms with Crippen molar-refractivity contribution in [2.45, 2.75) is 19.1 Å². The van der Waals surface area contributed by atoms with E-state index in [1.165, 1.54) is 0 Å². The molecule has 1 aromatic carbocycles. The zero-order chi connectivity index (χ0) is 12.8. The van der Waals surface area contributed by atoms with E-state index in [4.69, 9.17) is 9.47 Å². The summed E-state index contributed by atoms with van der Waals surface area (Å²) in [6.45, 7) is 5.53. The summed E-state index contributed by atoms with van der Waals surface area (Å²) in [5, 5.41) is 9.94. The fraction of sp³-hybridized carbons (Fsp3) is 0.571. The molecule has 100 valence electrons. The normalized spacial score (nSPS) is 22.7. The monoisotopic (exact) mass is 251 g/mol. The Morgan fingerprint density at radius 1 is 1.44 bits per heavy atom. The first-order chi connectivity index (χ1) is 8.74. The number of aliphatic hydroxyl groups is 1. The Morgan fingerprint density at radius 2 is 2.22 bits per heavy atom. The van der Waals surface area contributed by atoms with Crippen molar-refractivity contribution in [3.63, 3.8) is 0 Å². The lowest BCUT2D eigenvalue weighted by atomic mass is 10.2. The fourth-order valence-corrected chi connectivity index (χ4v) is 2.12. The van der Waals surface area contributed by atoms with Gasteiger partial charge < -0.3 is 14.6 Å². The van der Waals surface area contributed by atoms with Gasteiger partial charge in [0.2, 0.25) is 0 Å². The molecule has 0 saturated carbocycles. The molecule has 0 aromatic heterocycles. The second kappa shape index (κ2) is 6.73. The van der Waals surface area contributed by atoms with E-state index in [0.29, 0.717) is 13.2 Å². The van der Waals surface area contributed by atoms with Gasteiger partial charge in [0, 0.05) is 19.6 Å². The van der Waals surface area contributed by atoms with Crippen LogP contribution in [0.4, 0.5) is 0 Å². The minimum absolute atomic E-state index is 0.251. The van der Waals surface area contributed by atoms with Gasteiger partial charge in [0.25, 0.3) is 0 Å². The van der Waals surface area contributed by atoms with Crippen molar-refractivity contribution >= 4 is 0 Å². The van der Waals surface area contributed by atoms with Gasteiger partial charge in [-0.15, -0.1) is 0 Å². The van der Waals surface area contributed by atoms with E-state index in [2.05, 4.69) is 11.8 Å². The highest BCUT2D eigenvalue weighted by molar-refractivity contribution is 5.20. The number of para-hydroxylation sites is 1. The highest BCUT2D eigenvalue weighted by Gasteiger charge is 2.19. The summed E-state index contributed by atoms with van der Waals surface area (Å²) in [6.07, 6.45) is -0.212. The lowest BCUT2D eigenvalue weighted by molar-refractivity contribution is -0.0361. The summed E-state index contributed by atoms with van der Waals surface area (Å²) in [6, 6.07) is 9.57. The first kappa shape index (κ1) is 13.3. The smallest absolute Gasteiger partial charge is 0.119 e. The molecule has 4 nitrogen and oxygen atoms in total. The second-order valence-corrected chi connectivity index (χ2v) is 4.72. The summed E-state index contributed by atoms with van der Waals surface area (Å²) in [5.74, 6) is 0.798. The third kappa shape index (κ3) is 4.29. The van der Waals surface area contributed by atoms with Crippen molar-refractivity contribution in [2.24, 2.45) is 0 Å². The molecule has 2 rings (SSSR count). The lowest BCUT2D eigenvalue weighted by Crippen LogP contribution is -2.45. The minimum Gasteiger partial charge on any atom is -0.491 e. The summed E-state index contributed by atoms with van der Waals surface area (Å²) in [4.78, 5) is 2.22. The van der Waals surface area contributed by atoms with E-state index in [0.717, 1.165) is 25.4 Å². The average Bonchev–Trinajstić information content (AvgIpc) is 2.38. The van der Waals surface area contributed by atoms with Crippen LogP contribution in [0.1, 0.15) is 6.92 Å². The molecule has 1 aliphatic rings. The predicted molar refractivity (Wildman–Crippen MR) is 69.8 cm³/mol. The average molecular weight is 251 g/mol. The van der Waals surface area contributed by atoms with Crippen LogP contribution in [0.5, 0.6) is 5.75 Å². The van der Waals surface area contributed by atoms with Crippen molar-refractivity contribution < 1.29 is 14.6 Å². The number of benzene rings is 1. The van der Waals surface area contributed by atoms with E-state index in [9.17, 15) is 5.11 Å². The third-order valence-electron chi connectivity index (χ3n) is 2.98. The van der Waals surface area contributed by atoms with Crippen LogP contribution in [-0.4, -0.2) is 55.1 Å². The van der Waals surface area contributed by atoms with Crippen LogP contribution in [0, 0.1) is 0 Å². The van der Waals surface area contributed by atoms with Crippen LogP contribution in [0.2, 0.25) is 0 Å². The van der Waals surface area contributed by atoms with E-state index in [1.807, 2.05) is 30.3 Å². The van der Waals surface area contributed by atoms with Gasteiger partial charge in [0.15, 0.2) is 0 Å². The molecule has 1 aliphatic heterocycles. The Labute approximate surface area is 108 Å². The molecule has 2 unspecified atom stereocenters. The standard InChI is InChI=1S/C14H21NO3/c1-12-9-15(7-8-17-12)10-13(16)11-18-14-5-3-2-4-6-14/h2-6,12-13,16H,7-11H2,1H3. The molecule has 0 bridgehead atoms. The second-order valence-electron chi connectivity index (χ2n) is 4.72. The minimum atomic E-state index is -0.462. The Morgan fingerprint density at radius 3 is 2.94 bits per heavy atom. The number of morpholine rings is 1. The van der Waals surface area contributed by atoms with E-state index in [1.54, 1.807) is 0 Å². The van der Waals surface area contributed by atoms with Gasteiger partial charge in [-0.3, -0.25) is 4.90 Å². The molecule has 0 amide bonds. The molecule has 1 aromatic rings. The van der Waals surface area contributed by atoms with Crippen LogP contribution in [0.15, 0.2) is 30.3 Å². The van der Waals surface area contributed by atoms with Crippen LogP contribution in [0.25, 0.3) is 0 Å². The summed E-state index contributed by atoms with van der Waals surface area (Å²) < 4.78 is 11.0. The van der Waals surface area contributed by atoms with E-state index < -0.39 is 6.10 Å². The highest BCUT2D eigenvalue weighted by Crippen LogP contribution is 2.09. The largest absolute Gasteiger partial charge is 0.491 e. The van der Waals surface area contributed by atoms with Gasteiger partial charge in [0.1, 0.15) is 18.5 Å². The van der Waals surface area contributed by atoms with E-state index >= 15 is 0 Å². The van der Waals surface area contributed by atoms with Crippen LogP contribution >= 0.6 is 0 Å². The Hall–Kier alpha value is -1.10. The van der Waals surface area contributed by atoms with Gasteiger partial charge in [-0.2, -0.15) is 0 Å². The molecule has 1 N–H and O–H groups in total. The molecular weight excluding hydrogens is 230 g/mol. The topological polar surface area (TPSA) is 41.9 Å². The SMILES string of the molecule is CC1CN(CC(O)COc2ccccc2)CCO1. The number of hydrogen-bond donors (Lipinski definition) is 1. The maximum Gasteiger partial charge on any atom is 0.119 e. The first-order valence-corrected chi connectivity index (χ1v) is 6.44. The van der Waals surface area contributed by atoms with Gasteiger partial charge in [-0.05, 0) is 19.1 Å². The zero-order valence-electron chi connectivity index (χ0n) is 10.8. The van der Waals surface area contributed by atoms with Crippen molar-refractivity contribution in [1.82, 2.24) is 4.90 Å². The zero-order valence-corrected chi connectivity index (χ0v) is 10.8. The highest BCUT2D eigenvalue weighted by atomic mass is 16.5. The molecule has 1 heterocycles. The molecule has 0 spiro atoms.